The second-order valence-corrected chi connectivity index (χ2v) is 8.53. The number of hydrogen-bond acceptors (Lipinski definition) is 5. The first kappa shape index (κ1) is 23.7. The first-order valence-electron chi connectivity index (χ1n) is 11.1. The lowest BCUT2D eigenvalue weighted by Crippen LogP contribution is -2.37. The van der Waals surface area contributed by atoms with Crippen LogP contribution in [0.4, 0.5) is 13.2 Å². The lowest BCUT2D eigenvalue weighted by Gasteiger charge is -2.26. The number of benzene rings is 1. The van der Waals surface area contributed by atoms with Crippen molar-refractivity contribution in [1.82, 2.24) is 20.5 Å². The van der Waals surface area contributed by atoms with E-state index in [9.17, 15) is 18.0 Å². The summed E-state index contributed by atoms with van der Waals surface area (Å²) in [5, 5.41) is 10.5. The topological polar surface area (TPSA) is 80.9 Å². The van der Waals surface area contributed by atoms with E-state index in [1.165, 1.54) is 11.6 Å². The molecular formula is C25H25F3N4O2. The molecule has 1 N–H and O–H groups in total. The van der Waals surface area contributed by atoms with Gasteiger partial charge in [0.2, 0.25) is 5.89 Å². The van der Waals surface area contributed by atoms with Gasteiger partial charge in [0.25, 0.3) is 0 Å². The van der Waals surface area contributed by atoms with Gasteiger partial charge < -0.3 is 9.73 Å². The molecule has 4 rings (SSSR count). The van der Waals surface area contributed by atoms with E-state index in [4.69, 9.17) is 4.42 Å². The van der Waals surface area contributed by atoms with Crippen molar-refractivity contribution in [3.8, 4) is 0 Å². The number of carbonyl (C=O) groups is 1. The highest BCUT2D eigenvalue weighted by Crippen LogP contribution is 2.32. The molecule has 1 saturated carbocycles. The van der Waals surface area contributed by atoms with Crippen molar-refractivity contribution in [1.29, 1.82) is 0 Å². The Bertz CT molecular complexity index is 1200. The fourth-order valence-electron chi connectivity index (χ4n) is 4.19. The fraction of sp³-hybridized carbons (Fsp3) is 0.360. The summed E-state index contributed by atoms with van der Waals surface area (Å²) < 4.78 is 43.5. The highest BCUT2D eigenvalue weighted by atomic mass is 19.4. The predicted octanol–water partition coefficient (Wildman–Crippen LogP) is 5.53. The van der Waals surface area contributed by atoms with E-state index >= 15 is 0 Å². The van der Waals surface area contributed by atoms with Crippen LogP contribution >= 0.6 is 0 Å². The fourth-order valence-corrected chi connectivity index (χ4v) is 4.19. The van der Waals surface area contributed by atoms with Crippen LogP contribution in [0.5, 0.6) is 0 Å². The van der Waals surface area contributed by atoms with Crippen LogP contribution in [0.15, 0.2) is 52.6 Å². The van der Waals surface area contributed by atoms with Crippen LogP contribution in [0.3, 0.4) is 0 Å². The molecule has 1 unspecified atom stereocenters. The summed E-state index contributed by atoms with van der Waals surface area (Å²) in [4.78, 5) is 16.4. The first-order valence-corrected chi connectivity index (χ1v) is 11.1. The van der Waals surface area contributed by atoms with Crippen molar-refractivity contribution in [2.24, 2.45) is 0 Å². The Balaban J connectivity index is 1.45. The number of alkyl halides is 3. The summed E-state index contributed by atoms with van der Waals surface area (Å²) in [5.74, 6) is -0.0537. The summed E-state index contributed by atoms with van der Waals surface area (Å²) in [7, 11) is 0. The zero-order chi connectivity index (χ0) is 24.3. The number of nitrogens with one attached hydrogen (secondary N) is 1. The summed E-state index contributed by atoms with van der Waals surface area (Å²) in [5.41, 5.74) is 4.26. The molecule has 2 aromatic heterocycles. The van der Waals surface area contributed by atoms with Crippen LogP contribution in [-0.2, 0) is 12.6 Å². The van der Waals surface area contributed by atoms with Crippen LogP contribution < -0.4 is 5.32 Å². The number of aromatic nitrogens is 3. The third kappa shape index (κ3) is 5.70. The summed E-state index contributed by atoms with van der Waals surface area (Å²) in [6, 6.07) is 10.4. The number of rotatable bonds is 5. The highest BCUT2D eigenvalue weighted by Gasteiger charge is 2.30. The molecule has 0 aliphatic heterocycles. The van der Waals surface area contributed by atoms with Gasteiger partial charge in [0.1, 0.15) is 0 Å². The summed E-state index contributed by atoms with van der Waals surface area (Å²) in [6.07, 6.45) is 0.425. The molecule has 1 amide bonds. The van der Waals surface area contributed by atoms with Crippen molar-refractivity contribution in [2.75, 3.05) is 0 Å². The Morgan fingerprint density at radius 2 is 2.03 bits per heavy atom. The van der Waals surface area contributed by atoms with E-state index in [1.807, 2.05) is 24.3 Å². The largest absolute Gasteiger partial charge is 0.417 e. The van der Waals surface area contributed by atoms with Gasteiger partial charge in [-0.1, -0.05) is 29.8 Å². The molecule has 2 heterocycles. The molecule has 178 valence electrons. The first-order chi connectivity index (χ1) is 16.2. The van der Waals surface area contributed by atoms with Crippen molar-refractivity contribution >= 4 is 11.5 Å². The smallest absolute Gasteiger partial charge is 0.417 e. The summed E-state index contributed by atoms with van der Waals surface area (Å²) >= 11 is 0. The maximum absolute atomic E-state index is 12.8. The van der Waals surface area contributed by atoms with Gasteiger partial charge >= 0.3 is 18.0 Å². The average molecular weight is 470 g/mol. The van der Waals surface area contributed by atoms with Gasteiger partial charge in [0, 0.05) is 31.3 Å². The molecule has 0 saturated heterocycles. The van der Waals surface area contributed by atoms with E-state index in [0.717, 1.165) is 54.6 Å². The van der Waals surface area contributed by atoms with Gasteiger partial charge in [0.15, 0.2) is 0 Å². The zero-order valence-electron chi connectivity index (χ0n) is 18.9. The van der Waals surface area contributed by atoms with Crippen molar-refractivity contribution in [3.63, 3.8) is 0 Å². The monoisotopic (exact) mass is 470 g/mol. The van der Waals surface area contributed by atoms with E-state index < -0.39 is 11.7 Å². The number of halogens is 3. The van der Waals surface area contributed by atoms with Crippen LogP contribution in [0.25, 0.3) is 5.57 Å². The van der Waals surface area contributed by atoms with E-state index in [-0.39, 0.29) is 17.8 Å². The molecule has 1 fully saturated rings. The van der Waals surface area contributed by atoms with E-state index in [0.29, 0.717) is 18.0 Å². The van der Waals surface area contributed by atoms with Gasteiger partial charge in [-0.3, -0.25) is 9.78 Å². The number of amides is 1. The maximum atomic E-state index is 12.8. The van der Waals surface area contributed by atoms with Crippen LogP contribution in [-0.4, -0.2) is 27.1 Å². The van der Waals surface area contributed by atoms with Gasteiger partial charge in [-0.25, -0.2) is 0 Å². The van der Waals surface area contributed by atoms with Crippen LogP contribution in [0.2, 0.25) is 0 Å². The molecule has 34 heavy (non-hydrogen) atoms. The molecule has 6 nitrogen and oxygen atoms in total. The van der Waals surface area contributed by atoms with Crippen LogP contribution in [0.1, 0.15) is 71.6 Å². The van der Waals surface area contributed by atoms with Crippen molar-refractivity contribution < 1.29 is 22.4 Å². The minimum absolute atomic E-state index is 0.0158. The van der Waals surface area contributed by atoms with Gasteiger partial charge in [0.05, 0.1) is 5.56 Å². The molecule has 0 spiro atoms. The predicted molar refractivity (Wildman–Crippen MR) is 120 cm³/mol. The number of nitrogens with zero attached hydrogens (tertiary/aromatic N) is 3. The number of aryl methyl sites for hydroxylation is 1. The normalized spacial score (nSPS) is 18.0. The lowest BCUT2D eigenvalue weighted by molar-refractivity contribution is -0.137. The zero-order valence-corrected chi connectivity index (χ0v) is 18.9. The quantitative estimate of drug-likeness (QED) is 0.530. The Labute approximate surface area is 195 Å². The summed E-state index contributed by atoms with van der Waals surface area (Å²) in [6.45, 7) is 3.70. The highest BCUT2D eigenvalue weighted by molar-refractivity contribution is 5.89. The molecule has 0 radical (unpaired) electrons. The standard InChI is InChI=1S/C25H25F3N4O2/c1-15(19-7-4-8-22(13-19)30-23(33)24-32-31-16(2)34-24)18-6-3-5-17(11-18)12-21-10-9-20(14-29-21)25(26,27)28/h3,5-6,9-11,14,22H,4,7-8,12-13H2,1-2H3,(H,30,33)/b19-15+. The van der Waals surface area contributed by atoms with Gasteiger partial charge in [-0.05, 0) is 61.4 Å². The van der Waals surface area contributed by atoms with Gasteiger partial charge in [-0.15, -0.1) is 10.2 Å². The van der Waals surface area contributed by atoms with Crippen molar-refractivity contribution in [2.45, 2.75) is 58.2 Å². The van der Waals surface area contributed by atoms with Gasteiger partial charge in [-0.2, -0.15) is 13.2 Å². The molecule has 9 heteroatoms. The molecule has 3 aromatic rings. The lowest BCUT2D eigenvalue weighted by atomic mass is 9.85. The molecule has 1 aliphatic rings. The number of carbonyl (C=O) groups excluding carboxylic acids is 1. The Kier molecular flexibility index (Phi) is 6.81. The van der Waals surface area contributed by atoms with E-state index in [1.54, 1.807) is 6.92 Å². The maximum Gasteiger partial charge on any atom is 0.417 e. The molecule has 1 atom stereocenters. The number of hydrogen-bond donors (Lipinski definition) is 1. The minimum Gasteiger partial charge on any atom is -0.417 e. The van der Waals surface area contributed by atoms with Crippen LogP contribution in [0, 0.1) is 6.92 Å². The Morgan fingerprint density at radius 3 is 2.71 bits per heavy atom. The third-order valence-electron chi connectivity index (χ3n) is 6.01. The second-order valence-electron chi connectivity index (χ2n) is 8.53. The Hall–Kier alpha value is -3.49. The number of allylic oxidation sites excluding steroid dienone is 1. The Morgan fingerprint density at radius 1 is 1.21 bits per heavy atom. The SMILES string of the molecule is C/C(=C1/CCCC(NC(=O)c2nnc(C)o2)C1)c1cccc(Cc2ccc(C(F)(F)F)cn2)c1. The molecule has 1 aromatic carbocycles. The second kappa shape index (κ2) is 9.79. The number of pyridine rings is 1. The van der Waals surface area contributed by atoms with E-state index in [2.05, 4.69) is 27.4 Å². The third-order valence-corrected chi connectivity index (χ3v) is 6.01. The average Bonchev–Trinajstić information content (AvgIpc) is 3.25. The molecule has 0 bridgehead atoms. The minimum atomic E-state index is -4.39. The van der Waals surface area contributed by atoms with Crippen molar-refractivity contribution in [3.05, 3.63) is 82.3 Å². The molecular weight excluding hydrogens is 445 g/mol. The molecule has 1 aliphatic carbocycles.